The quantitative estimate of drug-likeness (QED) is 0.673. The van der Waals surface area contributed by atoms with E-state index in [9.17, 15) is 0 Å². The van der Waals surface area contributed by atoms with Gasteiger partial charge in [0.05, 0.1) is 11.4 Å². The molecule has 0 saturated heterocycles. The number of hydrogen-bond acceptors (Lipinski definition) is 2. The zero-order valence-electron chi connectivity index (χ0n) is 11.6. The first-order valence-corrected chi connectivity index (χ1v) is 6.66. The monoisotopic (exact) mass is 240 g/mol. The predicted molar refractivity (Wildman–Crippen MR) is 77.0 cm³/mol. The highest BCUT2D eigenvalue weighted by Crippen LogP contribution is 2.28. The molecule has 1 aliphatic carbocycles. The van der Waals surface area contributed by atoms with Gasteiger partial charge in [-0.15, -0.1) is 0 Å². The molecule has 0 N–H and O–H groups in total. The van der Waals surface area contributed by atoms with Crippen molar-refractivity contribution >= 4 is 5.71 Å². The van der Waals surface area contributed by atoms with Crippen molar-refractivity contribution in [1.29, 1.82) is 0 Å². The fourth-order valence-corrected chi connectivity index (χ4v) is 2.26. The molecule has 2 aliphatic rings. The third-order valence-corrected chi connectivity index (χ3v) is 3.09. The molecule has 0 fully saturated rings. The number of rotatable bonds is 0. The second kappa shape index (κ2) is 5.30. The Labute approximate surface area is 109 Å². The molecule has 1 aromatic rings. The van der Waals surface area contributed by atoms with Crippen LogP contribution in [0.4, 0.5) is 0 Å². The SMILES string of the molecule is CC.CC1=CCC=C2Cc3ccc(C)nc3C2=N1. The van der Waals surface area contributed by atoms with Crippen molar-refractivity contribution in [3.8, 4) is 0 Å². The Hall–Kier alpha value is -1.70. The second-order valence-corrected chi connectivity index (χ2v) is 4.41. The van der Waals surface area contributed by atoms with Crippen LogP contribution in [0.2, 0.25) is 0 Å². The van der Waals surface area contributed by atoms with Gasteiger partial charge < -0.3 is 0 Å². The van der Waals surface area contributed by atoms with Crippen LogP contribution in [-0.4, -0.2) is 10.7 Å². The van der Waals surface area contributed by atoms with Crippen molar-refractivity contribution in [2.45, 2.75) is 40.5 Å². The molecule has 0 atom stereocenters. The molecule has 0 aromatic carbocycles. The molecule has 0 saturated carbocycles. The highest BCUT2D eigenvalue weighted by atomic mass is 14.8. The van der Waals surface area contributed by atoms with E-state index in [0.29, 0.717) is 0 Å². The Morgan fingerprint density at radius 2 is 1.83 bits per heavy atom. The van der Waals surface area contributed by atoms with Crippen LogP contribution in [0.25, 0.3) is 0 Å². The minimum atomic E-state index is 0.987. The minimum Gasteiger partial charge on any atom is -0.252 e. The summed E-state index contributed by atoms with van der Waals surface area (Å²) in [6.45, 7) is 8.08. The first-order valence-electron chi connectivity index (χ1n) is 6.66. The summed E-state index contributed by atoms with van der Waals surface area (Å²) in [5.74, 6) is 0. The van der Waals surface area contributed by atoms with Crippen molar-refractivity contribution < 1.29 is 0 Å². The van der Waals surface area contributed by atoms with Gasteiger partial charge in [0.15, 0.2) is 0 Å². The van der Waals surface area contributed by atoms with E-state index in [1.807, 2.05) is 20.8 Å². The maximum Gasteiger partial charge on any atom is 0.0927 e. The smallest absolute Gasteiger partial charge is 0.0927 e. The molecule has 3 rings (SSSR count). The van der Waals surface area contributed by atoms with Crippen LogP contribution >= 0.6 is 0 Å². The van der Waals surface area contributed by atoms with Crippen LogP contribution < -0.4 is 0 Å². The van der Waals surface area contributed by atoms with E-state index in [-0.39, 0.29) is 0 Å². The normalized spacial score (nSPS) is 16.3. The summed E-state index contributed by atoms with van der Waals surface area (Å²) in [7, 11) is 0. The van der Waals surface area contributed by atoms with E-state index in [1.165, 1.54) is 11.1 Å². The van der Waals surface area contributed by atoms with E-state index in [4.69, 9.17) is 0 Å². The largest absolute Gasteiger partial charge is 0.252 e. The van der Waals surface area contributed by atoms with Crippen LogP contribution in [-0.2, 0) is 6.42 Å². The second-order valence-electron chi connectivity index (χ2n) is 4.41. The van der Waals surface area contributed by atoms with Gasteiger partial charge in [-0.2, -0.15) is 0 Å². The zero-order valence-corrected chi connectivity index (χ0v) is 11.6. The van der Waals surface area contributed by atoms with Crippen molar-refractivity contribution in [1.82, 2.24) is 4.98 Å². The minimum absolute atomic E-state index is 0.987. The topological polar surface area (TPSA) is 25.2 Å². The summed E-state index contributed by atoms with van der Waals surface area (Å²) >= 11 is 0. The molecule has 0 radical (unpaired) electrons. The van der Waals surface area contributed by atoms with Gasteiger partial charge in [0.2, 0.25) is 0 Å². The number of aryl methyl sites for hydroxylation is 1. The van der Waals surface area contributed by atoms with Gasteiger partial charge in [0.1, 0.15) is 0 Å². The summed E-state index contributed by atoms with van der Waals surface area (Å²) in [5, 5.41) is 0. The van der Waals surface area contributed by atoms with E-state index < -0.39 is 0 Å². The Bertz CT molecular complexity index is 548. The number of hydrogen-bond donors (Lipinski definition) is 0. The van der Waals surface area contributed by atoms with Gasteiger partial charge in [-0.25, -0.2) is 0 Å². The third-order valence-electron chi connectivity index (χ3n) is 3.09. The van der Waals surface area contributed by atoms with Gasteiger partial charge in [-0.05, 0) is 37.5 Å². The molecule has 2 heteroatoms. The number of fused-ring (bicyclic) bond motifs is 3. The maximum atomic E-state index is 4.67. The van der Waals surface area contributed by atoms with E-state index in [1.54, 1.807) is 0 Å². The number of allylic oxidation sites excluding steroid dienone is 4. The summed E-state index contributed by atoms with van der Waals surface area (Å²) < 4.78 is 0. The van der Waals surface area contributed by atoms with Gasteiger partial charge in [-0.3, -0.25) is 9.98 Å². The fourth-order valence-electron chi connectivity index (χ4n) is 2.26. The molecule has 0 amide bonds. The number of nitrogens with zero attached hydrogens (tertiary/aromatic N) is 2. The molecule has 0 spiro atoms. The molecule has 0 bridgehead atoms. The lowest BCUT2D eigenvalue weighted by Gasteiger charge is -2.00. The Balaban J connectivity index is 0.000000574. The van der Waals surface area contributed by atoms with Gasteiger partial charge in [0.25, 0.3) is 0 Å². The average Bonchev–Trinajstić information content (AvgIpc) is 2.59. The van der Waals surface area contributed by atoms with Crippen molar-refractivity contribution in [2.75, 3.05) is 0 Å². The summed E-state index contributed by atoms with van der Waals surface area (Å²) in [6, 6.07) is 4.25. The lowest BCUT2D eigenvalue weighted by molar-refractivity contribution is 1.13. The van der Waals surface area contributed by atoms with E-state index in [2.05, 4.69) is 41.2 Å². The number of aromatic nitrogens is 1. The van der Waals surface area contributed by atoms with Crippen molar-refractivity contribution in [2.24, 2.45) is 4.99 Å². The van der Waals surface area contributed by atoms with Crippen molar-refractivity contribution in [3.05, 3.63) is 52.5 Å². The molecule has 2 nitrogen and oxygen atoms in total. The summed E-state index contributed by atoms with van der Waals surface area (Å²) in [6.07, 6.45) is 6.41. The van der Waals surface area contributed by atoms with Crippen molar-refractivity contribution in [3.63, 3.8) is 0 Å². The molecule has 1 aliphatic heterocycles. The van der Waals surface area contributed by atoms with Crippen LogP contribution in [0.5, 0.6) is 0 Å². The number of aliphatic imine (C=N–C) groups is 1. The molecule has 18 heavy (non-hydrogen) atoms. The molecule has 1 aromatic heterocycles. The highest BCUT2D eigenvalue weighted by molar-refractivity contribution is 6.16. The van der Waals surface area contributed by atoms with E-state index in [0.717, 1.165) is 35.6 Å². The molecule has 2 heterocycles. The average molecular weight is 240 g/mol. The standard InChI is InChI=1S/C14H14N2.C2H6/c1-9-4-3-5-11-8-12-7-6-10(2)16-14(12)13(11)15-9;1-2/h4-7H,3,8H2,1-2H3;1-2H3. The lowest BCUT2D eigenvalue weighted by atomic mass is 10.1. The van der Waals surface area contributed by atoms with Crippen LogP contribution in [0, 0.1) is 6.92 Å². The fraction of sp³-hybridized carbons (Fsp3) is 0.375. The van der Waals surface area contributed by atoms with Gasteiger partial charge >= 0.3 is 0 Å². The summed E-state index contributed by atoms with van der Waals surface area (Å²) in [4.78, 5) is 9.28. The summed E-state index contributed by atoms with van der Waals surface area (Å²) in [5.41, 5.74) is 6.98. The molecular formula is C16H20N2. The molecule has 0 unspecified atom stereocenters. The third kappa shape index (κ3) is 2.28. The zero-order chi connectivity index (χ0) is 13.1. The lowest BCUT2D eigenvalue weighted by Crippen LogP contribution is -2.01. The molecule has 94 valence electrons. The van der Waals surface area contributed by atoms with Crippen LogP contribution in [0.3, 0.4) is 0 Å². The Morgan fingerprint density at radius 1 is 1.06 bits per heavy atom. The Kier molecular flexibility index (Phi) is 3.75. The van der Waals surface area contributed by atoms with Gasteiger partial charge in [0, 0.05) is 17.8 Å². The van der Waals surface area contributed by atoms with Crippen LogP contribution in [0.15, 0.2) is 40.5 Å². The maximum absolute atomic E-state index is 4.67. The van der Waals surface area contributed by atoms with E-state index >= 15 is 0 Å². The first kappa shape index (κ1) is 12.7. The molecular weight excluding hydrogens is 220 g/mol. The Morgan fingerprint density at radius 3 is 2.61 bits per heavy atom. The van der Waals surface area contributed by atoms with Crippen LogP contribution in [0.1, 0.15) is 44.1 Å². The van der Waals surface area contributed by atoms with Gasteiger partial charge in [-0.1, -0.05) is 32.1 Å². The first-order chi connectivity index (χ1) is 8.74. The highest BCUT2D eigenvalue weighted by Gasteiger charge is 2.24. The predicted octanol–water partition coefficient (Wildman–Crippen LogP) is 4.00. The number of pyridine rings is 1.